The summed E-state index contributed by atoms with van der Waals surface area (Å²) in [4.78, 5) is 32.8. The maximum atomic E-state index is 13.8. The van der Waals surface area contributed by atoms with Crippen molar-refractivity contribution in [2.45, 2.75) is 31.7 Å². The van der Waals surface area contributed by atoms with Gasteiger partial charge in [0, 0.05) is 18.8 Å². The molecular weight excluding hydrogens is 650 g/mol. The van der Waals surface area contributed by atoms with Gasteiger partial charge in [-0.25, -0.2) is 4.68 Å². The van der Waals surface area contributed by atoms with E-state index in [9.17, 15) is 14.7 Å². The van der Waals surface area contributed by atoms with E-state index >= 15 is 0 Å². The molecule has 12 heteroatoms. The highest BCUT2D eigenvalue weighted by Gasteiger charge is 2.39. The van der Waals surface area contributed by atoms with E-state index in [0.29, 0.717) is 59.5 Å². The standard InChI is InChI=1S/C39H35N5O7/c1-48-36-16-25(12-14-34(46)30-10-6-7-11-33(30)45)13-15-35(36)51-24-27-21-44(42-41-27)29-17-28-20-40-32-19-38(50-23-26-8-4-3-5-9-26)37(49-2)18-31(32)39(47)43(28)22-29/h3-16,18-21,28-29,45H,17,22-24H2,1-2H3/b14-12+/t28-,29-/m0/s1. The van der Waals surface area contributed by atoms with Crippen molar-refractivity contribution in [1.29, 1.82) is 0 Å². The Morgan fingerprint density at radius 1 is 0.902 bits per heavy atom. The first kappa shape index (κ1) is 33.1. The lowest BCUT2D eigenvalue weighted by Gasteiger charge is -2.20. The second kappa shape index (κ2) is 14.6. The van der Waals surface area contributed by atoms with E-state index in [1.165, 1.54) is 19.3 Å². The molecule has 12 nitrogen and oxygen atoms in total. The number of allylic oxidation sites excluding steroid dienone is 1. The smallest absolute Gasteiger partial charge is 0.256 e. The average molecular weight is 686 g/mol. The lowest BCUT2D eigenvalue weighted by atomic mass is 10.1. The van der Waals surface area contributed by atoms with Gasteiger partial charge < -0.3 is 29.0 Å². The SMILES string of the molecule is COc1cc2c(cc1OCc1ccccc1)N=C[C@@H]1C[C@H](n3cc(COc4ccc(/C=C/C(=O)c5ccccc5O)cc4OC)nn3)CN1C2=O. The van der Waals surface area contributed by atoms with Crippen LogP contribution >= 0.6 is 0 Å². The monoisotopic (exact) mass is 685 g/mol. The van der Waals surface area contributed by atoms with Crippen LogP contribution in [0.2, 0.25) is 0 Å². The molecule has 0 saturated carbocycles. The van der Waals surface area contributed by atoms with Crippen LogP contribution in [0.4, 0.5) is 5.69 Å². The van der Waals surface area contributed by atoms with Gasteiger partial charge in [0.1, 0.15) is 24.7 Å². The number of aromatic hydroxyl groups is 1. The van der Waals surface area contributed by atoms with Crippen molar-refractivity contribution in [3.63, 3.8) is 0 Å². The molecule has 51 heavy (non-hydrogen) atoms. The molecule has 1 saturated heterocycles. The van der Waals surface area contributed by atoms with Gasteiger partial charge in [0.25, 0.3) is 5.91 Å². The molecule has 1 N–H and O–H groups in total. The predicted octanol–water partition coefficient (Wildman–Crippen LogP) is 6.23. The Bertz CT molecular complexity index is 2130. The quantitative estimate of drug-likeness (QED) is 0.120. The highest BCUT2D eigenvalue weighted by atomic mass is 16.5. The van der Waals surface area contributed by atoms with Crippen molar-refractivity contribution in [3.8, 4) is 28.7 Å². The third-order valence-electron chi connectivity index (χ3n) is 8.81. The fourth-order valence-electron chi connectivity index (χ4n) is 6.13. The summed E-state index contributed by atoms with van der Waals surface area (Å²) in [5.41, 5.74) is 3.55. The molecule has 0 radical (unpaired) electrons. The molecule has 1 fully saturated rings. The number of carbonyl (C=O) groups is 2. The fraction of sp³-hybridized carbons (Fsp3) is 0.205. The summed E-state index contributed by atoms with van der Waals surface area (Å²) in [6, 6.07) is 24.7. The van der Waals surface area contributed by atoms with Gasteiger partial charge in [0.15, 0.2) is 28.8 Å². The average Bonchev–Trinajstić information content (AvgIpc) is 3.80. The molecule has 7 rings (SSSR count). The molecule has 3 heterocycles. The summed E-state index contributed by atoms with van der Waals surface area (Å²) in [7, 11) is 3.09. The maximum absolute atomic E-state index is 13.8. The van der Waals surface area contributed by atoms with Crippen LogP contribution in [0.5, 0.6) is 28.7 Å². The summed E-state index contributed by atoms with van der Waals surface area (Å²) >= 11 is 0. The number of ether oxygens (including phenoxy) is 4. The van der Waals surface area contributed by atoms with Crippen molar-refractivity contribution in [1.82, 2.24) is 19.9 Å². The van der Waals surface area contributed by atoms with Crippen LogP contribution in [-0.2, 0) is 13.2 Å². The minimum Gasteiger partial charge on any atom is -0.507 e. The zero-order chi connectivity index (χ0) is 35.3. The normalized spacial score (nSPS) is 16.4. The molecule has 0 unspecified atom stereocenters. The van der Waals surface area contributed by atoms with E-state index in [0.717, 1.165) is 11.1 Å². The molecule has 2 atom stereocenters. The number of aliphatic imine (C=N–C) groups is 1. The summed E-state index contributed by atoms with van der Waals surface area (Å²) in [5, 5.41) is 18.6. The number of rotatable bonds is 12. The van der Waals surface area contributed by atoms with Crippen LogP contribution in [0.25, 0.3) is 6.08 Å². The first-order chi connectivity index (χ1) is 24.9. The number of fused-ring (bicyclic) bond motifs is 2. The minimum absolute atomic E-state index is 0.0707. The lowest BCUT2D eigenvalue weighted by Crippen LogP contribution is -2.35. The number of nitrogens with zero attached hydrogens (tertiary/aromatic N) is 5. The number of carbonyl (C=O) groups excluding carboxylic acids is 2. The second-order valence-electron chi connectivity index (χ2n) is 12.1. The van der Waals surface area contributed by atoms with E-state index in [1.54, 1.807) is 71.3 Å². The van der Waals surface area contributed by atoms with Crippen molar-refractivity contribution in [3.05, 3.63) is 125 Å². The predicted molar refractivity (Wildman–Crippen MR) is 189 cm³/mol. The molecule has 4 aromatic carbocycles. The van der Waals surface area contributed by atoms with E-state index in [2.05, 4.69) is 10.3 Å². The molecule has 1 aromatic heterocycles. The van der Waals surface area contributed by atoms with Crippen LogP contribution in [-0.4, -0.2) is 69.7 Å². The summed E-state index contributed by atoms with van der Waals surface area (Å²) in [5.74, 6) is 1.43. The first-order valence-electron chi connectivity index (χ1n) is 16.4. The zero-order valence-corrected chi connectivity index (χ0v) is 28.0. The number of phenolic OH excluding ortho intramolecular Hbond substituents is 1. The van der Waals surface area contributed by atoms with Gasteiger partial charge in [-0.1, -0.05) is 59.8 Å². The number of phenols is 1. The number of hydrogen-bond donors (Lipinski definition) is 1. The molecule has 2 aliphatic heterocycles. The maximum Gasteiger partial charge on any atom is 0.256 e. The Kier molecular flexibility index (Phi) is 9.46. The highest BCUT2D eigenvalue weighted by molar-refractivity contribution is 6.08. The summed E-state index contributed by atoms with van der Waals surface area (Å²) in [6.07, 6.45) is 7.29. The molecule has 1 amide bonds. The van der Waals surface area contributed by atoms with Gasteiger partial charge in [-0.3, -0.25) is 14.6 Å². The van der Waals surface area contributed by atoms with Gasteiger partial charge >= 0.3 is 0 Å². The van der Waals surface area contributed by atoms with Crippen LogP contribution < -0.4 is 18.9 Å². The topological polar surface area (TPSA) is 138 Å². The first-order valence-corrected chi connectivity index (χ1v) is 16.4. The molecule has 0 spiro atoms. The van der Waals surface area contributed by atoms with Gasteiger partial charge in [-0.15, -0.1) is 5.10 Å². The van der Waals surface area contributed by atoms with Crippen molar-refractivity contribution < 1.29 is 33.6 Å². The molecular formula is C39H35N5O7. The van der Waals surface area contributed by atoms with E-state index in [4.69, 9.17) is 23.9 Å². The molecule has 2 aliphatic rings. The number of amides is 1. The molecule has 0 aliphatic carbocycles. The Morgan fingerprint density at radius 3 is 2.47 bits per heavy atom. The van der Waals surface area contributed by atoms with Crippen LogP contribution in [0.1, 0.15) is 50.0 Å². The number of aromatic nitrogens is 3. The van der Waals surface area contributed by atoms with Crippen molar-refractivity contribution in [2.75, 3.05) is 20.8 Å². The fourth-order valence-corrected chi connectivity index (χ4v) is 6.13. The van der Waals surface area contributed by atoms with Gasteiger partial charge in [-0.2, -0.15) is 0 Å². The number of benzene rings is 4. The number of para-hydroxylation sites is 1. The Hall–Kier alpha value is -6.43. The lowest BCUT2D eigenvalue weighted by molar-refractivity contribution is 0.0769. The van der Waals surface area contributed by atoms with Crippen LogP contribution in [0.3, 0.4) is 0 Å². The molecule has 0 bridgehead atoms. The second-order valence-corrected chi connectivity index (χ2v) is 12.1. The number of ketones is 1. The Labute approximate surface area is 294 Å². The summed E-state index contributed by atoms with van der Waals surface area (Å²) < 4.78 is 25.0. The third-order valence-corrected chi connectivity index (χ3v) is 8.81. The summed E-state index contributed by atoms with van der Waals surface area (Å²) in [6.45, 7) is 0.931. The van der Waals surface area contributed by atoms with Crippen LogP contribution in [0.15, 0.2) is 102 Å². The largest absolute Gasteiger partial charge is 0.507 e. The van der Waals surface area contributed by atoms with Crippen LogP contribution in [0, 0.1) is 0 Å². The molecule has 258 valence electrons. The van der Waals surface area contributed by atoms with Gasteiger partial charge in [0.05, 0.1) is 49.3 Å². The molecule has 5 aromatic rings. The van der Waals surface area contributed by atoms with Gasteiger partial charge in [0.2, 0.25) is 0 Å². The third kappa shape index (κ3) is 7.16. The van der Waals surface area contributed by atoms with E-state index < -0.39 is 0 Å². The van der Waals surface area contributed by atoms with Gasteiger partial charge in [-0.05, 0) is 54.0 Å². The van der Waals surface area contributed by atoms with Crippen molar-refractivity contribution in [2.24, 2.45) is 4.99 Å². The van der Waals surface area contributed by atoms with E-state index in [1.807, 2.05) is 42.7 Å². The Balaban J connectivity index is 0.985. The zero-order valence-electron chi connectivity index (χ0n) is 28.0. The number of methoxy groups -OCH3 is 2. The van der Waals surface area contributed by atoms with E-state index in [-0.39, 0.29) is 41.7 Å². The Morgan fingerprint density at radius 2 is 1.67 bits per heavy atom. The number of hydrogen-bond acceptors (Lipinski definition) is 10. The highest BCUT2D eigenvalue weighted by Crippen LogP contribution is 2.39. The minimum atomic E-state index is -0.315. The van der Waals surface area contributed by atoms with Crippen molar-refractivity contribution >= 4 is 29.7 Å².